The number of carbonyl (C=O) groups is 2. The molecule has 0 radical (unpaired) electrons. The smallest absolute Gasteiger partial charge is 0.315 e. The van der Waals surface area contributed by atoms with Crippen LogP contribution in [0.4, 0.5) is 4.79 Å². The molecule has 4 rings (SSSR count). The summed E-state index contributed by atoms with van der Waals surface area (Å²) in [5.41, 5.74) is 1.09. The quantitative estimate of drug-likeness (QED) is 0.815. The van der Waals surface area contributed by atoms with E-state index in [1.807, 2.05) is 30.3 Å². The van der Waals surface area contributed by atoms with Crippen molar-refractivity contribution >= 4 is 11.9 Å². The number of likely N-dealkylation sites (tertiary alicyclic amines) is 1. The molecule has 0 unspecified atom stereocenters. The van der Waals surface area contributed by atoms with Crippen molar-refractivity contribution in [3.05, 3.63) is 35.9 Å². The average molecular weight is 384 g/mol. The van der Waals surface area contributed by atoms with E-state index in [1.54, 1.807) is 0 Å². The maximum Gasteiger partial charge on any atom is 0.315 e. The summed E-state index contributed by atoms with van der Waals surface area (Å²) in [6.45, 7) is 3.48. The Morgan fingerprint density at radius 2 is 1.86 bits per heavy atom. The maximum absolute atomic E-state index is 12.8. The fourth-order valence-corrected chi connectivity index (χ4v) is 5.77. The number of amides is 3. The molecule has 5 heteroatoms. The van der Waals surface area contributed by atoms with Crippen molar-refractivity contribution in [1.29, 1.82) is 0 Å². The van der Waals surface area contributed by atoms with E-state index in [-0.39, 0.29) is 6.03 Å². The van der Waals surface area contributed by atoms with Crippen LogP contribution >= 0.6 is 0 Å². The van der Waals surface area contributed by atoms with E-state index in [4.69, 9.17) is 0 Å². The molecule has 1 saturated heterocycles. The molecule has 2 aliphatic carbocycles. The van der Waals surface area contributed by atoms with Gasteiger partial charge in [0.25, 0.3) is 0 Å². The van der Waals surface area contributed by atoms with Crippen molar-refractivity contribution in [3.8, 4) is 0 Å². The second-order valence-corrected chi connectivity index (χ2v) is 8.95. The van der Waals surface area contributed by atoms with E-state index in [0.29, 0.717) is 55.3 Å². The van der Waals surface area contributed by atoms with Crippen molar-refractivity contribution in [1.82, 2.24) is 15.5 Å². The number of benzene rings is 1. The van der Waals surface area contributed by atoms with E-state index in [0.717, 1.165) is 12.0 Å². The molecule has 1 aliphatic heterocycles. The Labute approximate surface area is 168 Å². The number of nitrogens with zero attached hydrogens (tertiary/aromatic N) is 1. The second kappa shape index (κ2) is 8.54. The van der Waals surface area contributed by atoms with E-state index < -0.39 is 0 Å². The van der Waals surface area contributed by atoms with Gasteiger partial charge in [0.05, 0.1) is 0 Å². The third-order valence-corrected chi connectivity index (χ3v) is 7.21. The molecule has 3 fully saturated rings. The van der Waals surface area contributed by atoms with Crippen molar-refractivity contribution in [2.45, 2.75) is 70.5 Å². The van der Waals surface area contributed by atoms with Crippen molar-refractivity contribution in [2.24, 2.45) is 17.8 Å². The summed E-state index contributed by atoms with van der Waals surface area (Å²) in [6, 6.07) is 10.7. The average Bonchev–Trinajstić information content (AvgIpc) is 3.18. The topological polar surface area (TPSA) is 61.4 Å². The van der Waals surface area contributed by atoms with E-state index in [9.17, 15) is 9.59 Å². The maximum atomic E-state index is 12.8. The zero-order valence-electron chi connectivity index (χ0n) is 16.9. The predicted octanol–water partition coefficient (Wildman–Crippen LogP) is 3.69. The van der Waals surface area contributed by atoms with Gasteiger partial charge in [-0.2, -0.15) is 0 Å². The lowest BCUT2D eigenvalue weighted by molar-refractivity contribution is -0.132. The van der Waals surface area contributed by atoms with Crippen molar-refractivity contribution in [2.75, 3.05) is 6.54 Å². The van der Waals surface area contributed by atoms with E-state index >= 15 is 0 Å². The largest absolute Gasteiger partial charge is 0.338 e. The first-order chi connectivity index (χ1) is 13.6. The van der Waals surface area contributed by atoms with Gasteiger partial charge in [-0.3, -0.25) is 4.79 Å². The van der Waals surface area contributed by atoms with Gasteiger partial charge in [-0.1, -0.05) is 56.5 Å². The Hall–Kier alpha value is -2.04. The molecule has 0 spiro atoms. The molecule has 2 saturated carbocycles. The van der Waals surface area contributed by atoms with Crippen LogP contribution in [0.2, 0.25) is 0 Å². The fraction of sp³-hybridized carbons (Fsp3) is 0.652. The van der Waals surface area contributed by atoms with Gasteiger partial charge in [0, 0.05) is 31.6 Å². The first-order valence-electron chi connectivity index (χ1n) is 11.0. The van der Waals surface area contributed by atoms with Gasteiger partial charge in [-0.15, -0.1) is 0 Å². The van der Waals surface area contributed by atoms with Gasteiger partial charge in [0.1, 0.15) is 0 Å². The lowest BCUT2D eigenvalue weighted by Gasteiger charge is -2.35. The van der Waals surface area contributed by atoms with Crippen LogP contribution in [0.3, 0.4) is 0 Å². The number of hydrogen-bond donors (Lipinski definition) is 2. The zero-order chi connectivity index (χ0) is 19.5. The van der Waals surface area contributed by atoms with Crippen LogP contribution in [-0.2, 0) is 11.3 Å². The van der Waals surface area contributed by atoms with Crippen LogP contribution in [-0.4, -0.2) is 35.5 Å². The Bertz CT molecular complexity index is 686. The number of fused-ring (bicyclic) bond motifs is 1. The normalized spacial score (nSPS) is 30.3. The standard InChI is InChI=1S/C23H33N3O2/c1-16-12-21-19(13-22(27)26(21)18-10-6-3-7-11-18)20(16)15-25-23(28)24-14-17-8-4-2-5-9-17/h2,4-5,8-9,16,18-21H,3,6-7,10-15H2,1H3,(H2,24,25,28)/t16-,19-,20+,21+/m0/s1. The molecule has 0 bridgehead atoms. The van der Waals surface area contributed by atoms with Gasteiger partial charge in [-0.05, 0) is 42.6 Å². The number of hydrogen-bond acceptors (Lipinski definition) is 2. The Morgan fingerprint density at radius 1 is 1.11 bits per heavy atom. The molecule has 28 heavy (non-hydrogen) atoms. The van der Waals surface area contributed by atoms with E-state index in [2.05, 4.69) is 22.5 Å². The zero-order valence-corrected chi connectivity index (χ0v) is 16.9. The molecular formula is C23H33N3O2. The van der Waals surface area contributed by atoms with Crippen LogP contribution in [0.5, 0.6) is 0 Å². The fourth-order valence-electron chi connectivity index (χ4n) is 5.77. The summed E-state index contributed by atoms with van der Waals surface area (Å²) >= 11 is 0. The van der Waals surface area contributed by atoms with Gasteiger partial charge in [-0.25, -0.2) is 4.79 Å². The highest BCUT2D eigenvalue weighted by molar-refractivity contribution is 5.80. The molecule has 0 aromatic heterocycles. The Kier molecular flexibility index (Phi) is 5.88. The van der Waals surface area contributed by atoms with Gasteiger partial charge in [0.15, 0.2) is 0 Å². The number of carbonyl (C=O) groups excluding carboxylic acids is 2. The summed E-state index contributed by atoms with van der Waals surface area (Å²) < 4.78 is 0. The molecule has 1 aromatic rings. The number of nitrogens with one attached hydrogen (secondary N) is 2. The van der Waals surface area contributed by atoms with Gasteiger partial charge >= 0.3 is 6.03 Å². The monoisotopic (exact) mass is 383 g/mol. The Balaban J connectivity index is 1.30. The molecule has 2 N–H and O–H groups in total. The SMILES string of the molecule is C[C@H]1C[C@@H]2[C@@H](CC(=O)N2C2CCCCC2)[C@@H]1CNC(=O)NCc1ccccc1. The van der Waals surface area contributed by atoms with Crippen molar-refractivity contribution < 1.29 is 9.59 Å². The third kappa shape index (κ3) is 4.03. The second-order valence-electron chi connectivity index (χ2n) is 8.95. The van der Waals surface area contributed by atoms with Gasteiger partial charge in [0.2, 0.25) is 5.91 Å². The third-order valence-electron chi connectivity index (χ3n) is 7.21. The minimum absolute atomic E-state index is 0.118. The molecule has 5 nitrogen and oxygen atoms in total. The first-order valence-corrected chi connectivity index (χ1v) is 11.0. The molecule has 1 aromatic carbocycles. The first kappa shape index (κ1) is 19.3. The predicted molar refractivity (Wildman–Crippen MR) is 110 cm³/mol. The van der Waals surface area contributed by atoms with Crippen LogP contribution in [0.15, 0.2) is 30.3 Å². The lowest BCUT2D eigenvalue weighted by Crippen LogP contribution is -2.43. The van der Waals surface area contributed by atoms with Crippen LogP contribution in [0, 0.1) is 17.8 Å². The van der Waals surface area contributed by atoms with E-state index in [1.165, 1.54) is 32.1 Å². The highest BCUT2D eigenvalue weighted by atomic mass is 16.2. The van der Waals surface area contributed by atoms with Crippen LogP contribution in [0.1, 0.15) is 57.4 Å². The summed E-state index contributed by atoms with van der Waals surface area (Å²) in [5.74, 6) is 1.69. The summed E-state index contributed by atoms with van der Waals surface area (Å²) in [6.07, 6.45) is 7.94. The highest BCUT2D eigenvalue weighted by Crippen LogP contribution is 2.47. The Morgan fingerprint density at radius 3 is 2.61 bits per heavy atom. The summed E-state index contributed by atoms with van der Waals surface area (Å²) in [5, 5.41) is 6.01. The van der Waals surface area contributed by atoms with Gasteiger partial charge < -0.3 is 15.5 Å². The van der Waals surface area contributed by atoms with Crippen LogP contribution < -0.4 is 10.6 Å². The minimum atomic E-state index is -0.118. The number of rotatable bonds is 5. The summed E-state index contributed by atoms with van der Waals surface area (Å²) in [7, 11) is 0. The molecule has 1 heterocycles. The lowest BCUT2D eigenvalue weighted by atomic mass is 9.88. The molecule has 4 atom stereocenters. The molecular weight excluding hydrogens is 350 g/mol. The van der Waals surface area contributed by atoms with Crippen LogP contribution in [0.25, 0.3) is 0 Å². The highest BCUT2D eigenvalue weighted by Gasteiger charge is 2.52. The molecule has 152 valence electrons. The van der Waals surface area contributed by atoms with Crippen molar-refractivity contribution in [3.63, 3.8) is 0 Å². The minimum Gasteiger partial charge on any atom is -0.338 e. The summed E-state index contributed by atoms with van der Waals surface area (Å²) in [4.78, 5) is 27.3. The molecule has 3 amide bonds. The molecule has 3 aliphatic rings. The number of urea groups is 1.